The number of fused-ring (bicyclic) bond motifs is 1. The molecule has 0 bridgehead atoms. The van der Waals surface area contributed by atoms with Crippen LogP contribution in [0.2, 0.25) is 0 Å². The van der Waals surface area contributed by atoms with Crippen LogP contribution in [-0.2, 0) is 11.2 Å². The fourth-order valence-corrected chi connectivity index (χ4v) is 2.10. The van der Waals surface area contributed by atoms with Gasteiger partial charge in [-0.05, 0) is 12.1 Å². The van der Waals surface area contributed by atoms with Crippen LogP contribution in [0, 0.1) is 0 Å². The summed E-state index contributed by atoms with van der Waals surface area (Å²) < 4.78 is 1.20. The summed E-state index contributed by atoms with van der Waals surface area (Å²) in [4.78, 5) is 15.4. The monoisotopic (exact) mass is 177 g/mol. The van der Waals surface area contributed by atoms with Crippen molar-refractivity contribution in [3.8, 4) is 0 Å². The standard InChI is InChI=1S/C9H7NOS/c11-4-2-8-5-7-6-10-3-1-9(7)12-8/h1,3-6H,2H2. The van der Waals surface area contributed by atoms with Crippen LogP contribution in [0.4, 0.5) is 0 Å². The van der Waals surface area contributed by atoms with Crippen molar-refractivity contribution in [3.63, 3.8) is 0 Å². The normalized spacial score (nSPS) is 10.3. The highest BCUT2D eigenvalue weighted by molar-refractivity contribution is 7.19. The number of nitrogens with zero attached hydrogens (tertiary/aromatic N) is 1. The molecule has 0 aliphatic heterocycles. The van der Waals surface area contributed by atoms with Gasteiger partial charge in [-0.25, -0.2) is 0 Å². The van der Waals surface area contributed by atoms with E-state index in [1.165, 1.54) is 4.70 Å². The summed E-state index contributed by atoms with van der Waals surface area (Å²) in [5, 5.41) is 1.12. The number of hydrogen-bond acceptors (Lipinski definition) is 3. The topological polar surface area (TPSA) is 30.0 Å². The number of carbonyl (C=O) groups is 1. The van der Waals surface area contributed by atoms with E-state index in [1.54, 1.807) is 17.5 Å². The molecule has 0 fully saturated rings. The maximum Gasteiger partial charge on any atom is 0.125 e. The van der Waals surface area contributed by atoms with E-state index in [0.717, 1.165) is 16.5 Å². The Morgan fingerprint density at radius 3 is 3.25 bits per heavy atom. The third-order valence-electron chi connectivity index (χ3n) is 1.65. The summed E-state index contributed by atoms with van der Waals surface area (Å²) in [6.07, 6.45) is 5.03. The SMILES string of the molecule is O=CCc1cc2cnccc2s1. The van der Waals surface area contributed by atoms with Gasteiger partial charge in [0.25, 0.3) is 0 Å². The summed E-state index contributed by atoms with van der Waals surface area (Å²) in [6, 6.07) is 3.98. The molecule has 2 aromatic heterocycles. The summed E-state index contributed by atoms with van der Waals surface area (Å²) >= 11 is 1.65. The largest absolute Gasteiger partial charge is 0.303 e. The van der Waals surface area contributed by atoms with E-state index < -0.39 is 0 Å². The third kappa shape index (κ3) is 1.23. The van der Waals surface area contributed by atoms with Gasteiger partial charge in [-0.3, -0.25) is 4.98 Å². The van der Waals surface area contributed by atoms with E-state index in [-0.39, 0.29) is 0 Å². The molecule has 0 N–H and O–H groups in total. The second-order valence-electron chi connectivity index (χ2n) is 2.50. The van der Waals surface area contributed by atoms with Crippen LogP contribution in [0.3, 0.4) is 0 Å². The zero-order valence-electron chi connectivity index (χ0n) is 6.36. The lowest BCUT2D eigenvalue weighted by Crippen LogP contribution is -1.76. The first-order valence-corrected chi connectivity index (χ1v) is 4.48. The Morgan fingerprint density at radius 1 is 1.58 bits per heavy atom. The number of thiophene rings is 1. The van der Waals surface area contributed by atoms with Crippen molar-refractivity contribution in [3.05, 3.63) is 29.4 Å². The molecule has 12 heavy (non-hydrogen) atoms. The molecule has 0 unspecified atom stereocenters. The van der Waals surface area contributed by atoms with E-state index in [9.17, 15) is 4.79 Å². The average Bonchev–Trinajstić information content (AvgIpc) is 2.47. The lowest BCUT2D eigenvalue weighted by atomic mass is 10.3. The summed E-state index contributed by atoms with van der Waals surface area (Å²) in [6.45, 7) is 0. The second-order valence-corrected chi connectivity index (χ2v) is 3.67. The number of rotatable bonds is 2. The fourth-order valence-electron chi connectivity index (χ4n) is 1.12. The van der Waals surface area contributed by atoms with Gasteiger partial charge in [-0.2, -0.15) is 0 Å². The van der Waals surface area contributed by atoms with Gasteiger partial charge >= 0.3 is 0 Å². The van der Waals surface area contributed by atoms with Gasteiger partial charge in [0.05, 0.1) is 0 Å². The molecule has 2 heterocycles. The Labute approximate surface area is 73.9 Å². The molecule has 2 nitrogen and oxygen atoms in total. The molecular formula is C9H7NOS. The Balaban J connectivity index is 2.54. The van der Waals surface area contributed by atoms with Crippen molar-refractivity contribution in [2.45, 2.75) is 6.42 Å². The highest BCUT2D eigenvalue weighted by Gasteiger charge is 1.99. The number of carbonyl (C=O) groups excluding carboxylic acids is 1. The van der Waals surface area contributed by atoms with E-state index in [2.05, 4.69) is 4.98 Å². The zero-order valence-corrected chi connectivity index (χ0v) is 7.17. The molecule has 0 atom stereocenters. The van der Waals surface area contributed by atoms with Crippen LogP contribution < -0.4 is 0 Å². The van der Waals surface area contributed by atoms with E-state index >= 15 is 0 Å². The van der Waals surface area contributed by atoms with E-state index in [1.807, 2.05) is 18.3 Å². The average molecular weight is 177 g/mol. The zero-order chi connectivity index (χ0) is 8.39. The molecular weight excluding hydrogens is 170 g/mol. The number of aldehydes is 1. The molecule has 3 heteroatoms. The van der Waals surface area contributed by atoms with Gasteiger partial charge < -0.3 is 4.79 Å². The molecule has 0 amide bonds. The highest BCUT2D eigenvalue weighted by Crippen LogP contribution is 2.24. The van der Waals surface area contributed by atoms with Gasteiger partial charge in [-0.15, -0.1) is 11.3 Å². The van der Waals surface area contributed by atoms with Crippen LogP contribution in [0.15, 0.2) is 24.5 Å². The molecule has 0 saturated carbocycles. The molecule has 0 aliphatic rings. The van der Waals surface area contributed by atoms with Crippen LogP contribution in [0.25, 0.3) is 10.1 Å². The Kier molecular flexibility index (Phi) is 1.87. The predicted octanol–water partition coefficient (Wildman–Crippen LogP) is 2.04. The minimum atomic E-state index is 0.513. The van der Waals surface area contributed by atoms with Crippen molar-refractivity contribution in [2.24, 2.45) is 0 Å². The van der Waals surface area contributed by atoms with Crippen LogP contribution in [0.1, 0.15) is 4.88 Å². The van der Waals surface area contributed by atoms with Crippen molar-refractivity contribution in [2.75, 3.05) is 0 Å². The molecule has 0 spiro atoms. The quantitative estimate of drug-likeness (QED) is 0.657. The van der Waals surface area contributed by atoms with Gasteiger partial charge in [0.2, 0.25) is 0 Å². The predicted molar refractivity (Wildman–Crippen MR) is 49.4 cm³/mol. The Hall–Kier alpha value is -1.22. The number of pyridine rings is 1. The Bertz CT molecular complexity index is 375. The van der Waals surface area contributed by atoms with Crippen molar-refractivity contribution < 1.29 is 4.79 Å². The minimum absolute atomic E-state index is 0.513. The summed E-state index contributed by atoms with van der Waals surface area (Å²) in [5.74, 6) is 0. The minimum Gasteiger partial charge on any atom is -0.303 e. The van der Waals surface area contributed by atoms with Gasteiger partial charge in [0.15, 0.2) is 0 Å². The molecule has 2 aromatic rings. The molecule has 0 aliphatic carbocycles. The van der Waals surface area contributed by atoms with Crippen molar-refractivity contribution >= 4 is 27.7 Å². The third-order valence-corrected chi connectivity index (χ3v) is 2.79. The summed E-state index contributed by atoms with van der Waals surface area (Å²) in [7, 11) is 0. The molecule has 60 valence electrons. The maximum atomic E-state index is 10.2. The highest BCUT2D eigenvalue weighted by atomic mass is 32.1. The number of aromatic nitrogens is 1. The first kappa shape index (κ1) is 7.43. The van der Waals surface area contributed by atoms with Gasteiger partial charge in [-0.1, -0.05) is 0 Å². The number of hydrogen-bond donors (Lipinski definition) is 0. The molecule has 0 radical (unpaired) electrons. The second kappa shape index (κ2) is 3.03. The van der Waals surface area contributed by atoms with Crippen LogP contribution in [-0.4, -0.2) is 11.3 Å². The van der Waals surface area contributed by atoms with Gasteiger partial charge in [0, 0.05) is 33.8 Å². The van der Waals surface area contributed by atoms with Crippen LogP contribution in [0.5, 0.6) is 0 Å². The lowest BCUT2D eigenvalue weighted by Gasteiger charge is -1.81. The van der Waals surface area contributed by atoms with Gasteiger partial charge in [0.1, 0.15) is 6.29 Å². The molecule has 0 saturated heterocycles. The van der Waals surface area contributed by atoms with E-state index in [0.29, 0.717) is 6.42 Å². The molecule has 2 rings (SSSR count). The molecule has 0 aromatic carbocycles. The first-order chi connectivity index (χ1) is 5.90. The van der Waals surface area contributed by atoms with Crippen LogP contribution >= 0.6 is 11.3 Å². The lowest BCUT2D eigenvalue weighted by molar-refractivity contribution is -0.107. The maximum absolute atomic E-state index is 10.2. The van der Waals surface area contributed by atoms with Crippen molar-refractivity contribution in [1.82, 2.24) is 4.98 Å². The Morgan fingerprint density at radius 2 is 2.50 bits per heavy atom. The summed E-state index contributed by atoms with van der Waals surface area (Å²) in [5.41, 5.74) is 0. The van der Waals surface area contributed by atoms with Crippen molar-refractivity contribution in [1.29, 1.82) is 0 Å². The van der Waals surface area contributed by atoms with E-state index in [4.69, 9.17) is 0 Å². The first-order valence-electron chi connectivity index (χ1n) is 3.66. The smallest absolute Gasteiger partial charge is 0.125 e. The fraction of sp³-hybridized carbons (Fsp3) is 0.111.